The topological polar surface area (TPSA) is 67.4 Å². The molecular formula is C13H18N2O3S. The number of hydrogen-bond donors (Lipinski definition) is 3. The molecule has 0 saturated heterocycles. The third kappa shape index (κ3) is 5.21. The number of amides is 2. The lowest BCUT2D eigenvalue weighted by atomic mass is 10.2. The van der Waals surface area contributed by atoms with E-state index in [4.69, 9.17) is 4.74 Å². The summed E-state index contributed by atoms with van der Waals surface area (Å²) in [7, 11) is 0. The molecule has 0 fully saturated rings. The molecule has 104 valence electrons. The molecule has 0 bridgehead atoms. The third-order valence-electron chi connectivity index (χ3n) is 2.31. The quantitative estimate of drug-likeness (QED) is 0.692. The van der Waals surface area contributed by atoms with Gasteiger partial charge in [0.1, 0.15) is 11.8 Å². The number of thiol groups is 1. The number of anilines is 1. The summed E-state index contributed by atoms with van der Waals surface area (Å²) >= 11 is 4.04. The van der Waals surface area contributed by atoms with E-state index in [1.54, 1.807) is 24.3 Å². The summed E-state index contributed by atoms with van der Waals surface area (Å²) < 4.78 is 5.31. The fourth-order valence-electron chi connectivity index (χ4n) is 1.47. The maximum Gasteiger partial charge on any atom is 0.247 e. The number of nitrogens with one attached hydrogen (secondary N) is 2. The van der Waals surface area contributed by atoms with Crippen LogP contribution < -0.4 is 15.4 Å². The lowest BCUT2D eigenvalue weighted by Crippen LogP contribution is -2.44. The first-order valence-corrected chi connectivity index (χ1v) is 6.61. The van der Waals surface area contributed by atoms with Crippen molar-refractivity contribution < 1.29 is 14.3 Å². The minimum atomic E-state index is -0.646. The average molecular weight is 282 g/mol. The van der Waals surface area contributed by atoms with E-state index in [9.17, 15) is 9.59 Å². The highest BCUT2D eigenvalue weighted by Crippen LogP contribution is 2.15. The average Bonchev–Trinajstić information content (AvgIpc) is 2.38. The van der Waals surface area contributed by atoms with Crippen LogP contribution in [0.4, 0.5) is 5.69 Å². The van der Waals surface area contributed by atoms with Gasteiger partial charge in [-0.15, -0.1) is 0 Å². The maximum atomic E-state index is 11.9. The smallest absolute Gasteiger partial charge is 0.247 e. The molecule has 1 aromatic rings. The monoisotopic (exact) mass is 282 g/mol. The van der Waals surface area contributed by atoms with Crippen molar-refractivity contribution in [1.82, 2.24) is 5.32 Å². The number of carbonyl (C=O) groups excluding carboxylic acids is 2. The van der Waals surface area contributed by atoms with Gasteiger partial charge in [-0.25, -0.2) is 0 Å². The predicted octanol–water partition coefficient (Wildman–Crippen LogP) is 1.46. The Bertz CT molecular complexity index is 434. The predicted molar refractivity (Wildman–Crippen MR) is 77.7 cm³/mol. The van der Waals surface area contributed by atoms with Gasteiger partial charge in [0.25, 0.3) is 0 Å². The first-order chi connectivity index (χ1) is 9.06. The minimum Gasteiger partial charge on any atom is -0.494 e. The highest BCUT2D eigenvalue weighted by molar-refractivity contribution is 7.80. The van der Waals surface area contributed by atoms with E-state index in [2.05, 4.69) is 23.3 Å². The fourth-order valence-corrected chi connectivity index (χ4v) is 1.73. The van der Waals surface area contributed by atoms with Gasteiger partial charge in [0.15, 0.2) is 0 Å². The van der Waals surface area contributed by atoms with E-state index in [0.29, 0.717) is 12.3 Å². The SMILES string of the molecule is CCOc1ccc(NC(=O)C(CS)NC(C)=O)cc1. The lowest BCUT2D eigenvalue weighted by molar-refractivity contribution is -0.124. The Balaban J connectivity index is 2.62. The van der Waals surface area contributed by atoms with Gasteiger partial charge in [0.2, 0.25) is 11.8 Å². The molecule has 1 aromatic carbocycles. The van der Waals surface area contributed by atoms with E-state index < -0.39 is 6.04 Å². The Morgan fingerprint density at radius 1 is 1.32 bits per heavy atom. The van der Waals surface area contributed by atoms with Crippen LogP contribution in [-0.4, -0.2) is 30.2 Å². The lowest BCUT2D eigenvalue weighted by Gasteiger charge is -2.15. The van der Waals surface area contributed by atoms with Crippen LogP contribution in [0.3, 0.4) is 0 Å². The van der Waals surface area contributed by atoms with Gasteiger partial charge in [0, 0.05) is 18.4 Å². The summed E-state index contributed by atoms with van der Waals surface area (Å²) in [6.45, 7) is 3.86. The van der Waals surface area contributed by atoms with Crippen LogP contribution >= 0.6 is 12.6 Å². The second-order valence-corrected chi connectivity index (χ2v) is 4.25. The molecule has 1 rings (SSSR count). The summed E-state index contributed by atoms with van der Waals surface area (Å²) in [5.74, 6) is 0.422. The molecule has 0 aromatic heterocycles. The Morgan fingerprint density at radius 3 is 2.42 bits per heavy atom. The van der Waals surface area contributed by atoms with Crippen molar-refractivity contribution in [2.45, 2.75) is 19.9 Å². The van der Waals surface area contributed by atoms with Crippen LogP contribution in [-0.2, 0) is 9.59 Å². The first-order valence-electron chi connectivity index (χ1n) is 5.98. The molecule has 5 nitrogen and oxygen atoms in total. The van der Waals surface area contributed by atoms with E-state index in [1.165, 1.54) is 6.92 Å². The normalized spacial score (nSPS) is 11.5. The van der Waals surface area contributed by atoms with Crippen molar-refractivity contribution >= 4 is 30.1 Å². The molecule has 0 spiro atoms. The standard InChI is InChI=1S/C13H18N2O3S/c1-3-18-11-6-4-10(5-7-11)15-13(17)12(8-19)14-9(2)16/h4-7,12,19H,3,8H2,1-2H3,(H,14,16)(H,15,17). The number of hydrogen-bond acceptors (Lipinski definition) is 4. The van der Waals surface area contributed by atoms with Crippen molar-refractivity contribution in [2.24, 2.45) is 0 Å². The minimum absolute atomic E-state index is 0.239. The van der Waals surface area contributed by atoms with Crippen LogP contribution in [0.5, 0.6) is 5.75 Å². The fraction of sp³-hybridized carbons (Fsp3) is 0.385. The third-order valence-corrected chi connectivity index (χ3v) is 2.67. The Hall–Kier alpha value is -1.69. The van der Waals surface area contributed by atoms with Gasteiger partial charge in [-0.2, -0.15) is 12.6 Å². The van der Waals surface area contributed by atoms with E-state index >= 15 is 0 Å². The number of ether oxygens (including phenoxy) is 1. The van der Waals surface area contributed by atoms with Crippen molar-refractivity contribution in [2.75, 3.05) is 17.7 Å². The summed E-state index contributed by atoms with van der Waals surface area (Å²) in [4.78, 5) is 22.8. The zero-order valence-electron chi connectivity index (χ0n) is 11.0. The molecule has 0 aliphatic rings. The number of benzene rings is 1. The van der Waals surface area contributed by atoms with Gasteiger partial charge < -0.3 is 15.4 Å². The second-order valence-electron chi connectivity index (χ2n) is 3.88. The van der Waals surface area contributed by atoms with Gasteiger partial charge >= 0.3 is 0 Å². The first kappa shape index (κ1) is 15.4. The summed E-state index contributed by atoms with van der Waals surface area (Å²) in [6.07, 6.45) is 0. The molecule has 2 N–H and O–H groups in total. The zero-order chi connectivity index (χ0) is 14.3. The Kier molecular flexibility index (Phi) is 6.21. The Labute approximate surface area is 118 Å². The summed E-state index contributed by atoms with van der Waals surface area (Å²) in [5, 5.41) is 5.24. The van der Waals surface area contributed by atoms with Crippen molar-refractivity contribution in [3.05, 3.63) is 24.3 Å². The summed E-state index contributed by atoms with van der Waals surface area (Å²) in [5.41, 5.74) is 0.644. The molecular weight excluding hydrogens is 264 g/mol. The van der Waals surface area contributed by atoms with Crippen LogP contribution in [0.2, 0.25) is 0 Å². The van der Waals surface area contributed by atoms with Crippen molar-refractivity contribution in [3.63, 3.8) is 0 Å². The molecule has 0 saturated carbocycles. The molecule has 0 radical (unpaired) electrons. The molecule has 1 unspecified atom stereocenters. The Morgan fingerprint density at radius 2 is 1.95 bits per heavy atom. The molecule has 0 heterocycles. The van der Waals surface area contributed by atoms with Crippen molar-refractivity contribution in [3.8, 4) is 5.75 Å². The van der Waals surface area contributed by atoms with Crippen LogP contribution in [0, 0.1) is 0 Å². The zero-order valence-corrected chi connectivity index (χ0v) is 11.9. The number of rotatable bonds is 6. The van der Waals surface area contributed by atoms with E-state index in [1.807, 2.05) is 6.92 Å². The summed E-state index contributed by atoms with van der Waals surface area (Å²) in [6, 6.07) is 6.38. The van der Waals surface area contributed by atoms with Crippen LogP contribution in [0.25, 0.3) is 0 Å². The molecule has 2 amide bonds. The second kappa shape index (κ2) is 7.68. The number of carbonyl (C=O) groups is 2. The highest BCUT2D eigenvalue weighted by atomic mass is 32.1. The van der Waals surface area contributed by atoms with E-state index in [0.717, 1.165) is 5.75 Å². The molecule has 0 aliphatic heterocycles. The van der Waals surface area contributed by atoms with Crippen LogP contribution in [0.15, 0.2) is 24.3 Å². The van der Waals surface area contributed by atoms with Crippen molar-refractivity contribution in [1.29, 1.82) is 0 Å². The molecule has 19 heavy (non-hydrogen) atoms. The van der Waals surface area contributed by atoms with Gasteiger partial charge in [0.05, 0.1) is 6.61 Å². The van der Waals surface area contributed by atoms with Gasteiger partial charge in [-0.05, 0) is 31.2 Å². The highest BCUT2D eigenvalue weighted by Gasteiger charge is 2.17. The van der Waals surface area contributed by atoms with Crippen LogP contribution in [0.1, 0.15) is 13.8 Å². The molecule has 6 heteroatoms. The van der Waals surface area contributed by atoms with E-state index in [-0.39, 0.29) is 17.6 Å². The molecule has 0 aliphatic carbocycles. The molecule has 1 atom stereocenters. The van der Waals surface area contributed by atoms with Gasteiger partial charge in [-0.3, -0.25) is 9.59 Å². The van der Waals surface area contributed by atoms with Gasteiger partial charge in [-0.1, -0.05) is 0 Å². The maximum absolute atomic E-state index is 11.9. The largest absolute Gasteiger partial charge is 0.494 e.